The van der Waals surface area contributed by atoms with Gasteiger partial charge in [0.25, 0.3) is 0 Å². The predicted octanol–water partition coefficient (Wildman–Crippen LogP) is 17.2. The number of hydrogen-bond acceptors (Lipinski definition) is 12. The smallest absolute Gasteiger partial charge is 0.216 e. The van der Waals surface area contributed by atoms with Gasteiger partial charge in [-0.3, -0.25) is 9.59 Å². The van der Waals surface area contributed by atoms with E-state index in [2.05, 4.69) is 169 Å². The molecule has 0 spiro atoms. The van der Waals surface area contributed by atoms with Crippen LogP contribution in [0.1, 0.15) is 127 Å². The fourth-order valence-electron chi connectivity index (χ4n) is 12.2. The van der Waals surface area contributed by atoms with Crippen molar-refractivity contribution in [2.75, 3.05) is 107 Å². The maximum absolute atomic E-state index is 10.9. The Bertz CT molecular complexity index is 4250. The number of hydrogen-bond donors (Lipinski definition) is 10. The molecule has 6 aromatic heterocycles. The van der Waals surface area contributed by atoms with E-state index in [-0.39, 0.29) is 36.6 Å². The van der Waals surface area contributed by atoms with Gasteiger partial charge < -0.3 is 90.2 Å². The lowest BCUT2D eigenvalue weighted by Crippen LogP contribution is -2.22. The van der Waals surface area contributed by atoms with Gasteiger partial charge in [0.2, 0.25) is 11.8 Å². The van der Waals surface area contributed by atoms with Crippen LogP contribution >= 0.6 is 24.8 Å². The number of H-pyrrole nitrogens is 6. The lowest BCUT2D eigenvalue weighted by atomic mass is 10.1. The van der Waals surface area contributed by atoms with Crippen LogP contribution in [0.2, 0.25) is 0 Å². The Labute approximate surface area is 652 Å². The minimum atomic E-state index is 0. The molecular weight excluding hydrogens is 1400 g/mol. The number of nitrogens with one attached hydrogen (secondary N) is 8. The van der Waals surface area contributed by atoms with Crippen molar-refractivity contribution < 1.29 is 38.0 Å². The number of nitrogens with two attached hydrogens (primary N) is 2. The number of ether oxygens (including phenoxy) is 6. The number of fused-ring (bicyclic) bond motifs is 6. The minimum absolute atomic E-state index is 0. The predicted molar refractivity (Wildman–Crippen MR) is 454 cm³/mol. The fourth-order valence-corrected chi connectivity index (χ4v) is 12.2. The molecule has 0 radical (unpaired) electrons. The van der Waals surface area contributed by atoms with Crippen LogP contribution in [-0.4, -0.2) is 159 Å². The molecule has 22 heteroatoms. The Morgan fingerprint density at radius 2 is 0.519 bits per heavy atom. The quantitative estimate of drug-likeness (QED) is 0.0180. The fraction of sp³-hybridized carbons (Fsp3) is 0.419. The molecule has 588 valence electrons. The van der Waals surface area contributed by atoms with Crippen molar-refractivity contribution >= 4 is 102 Å². The van der Waals surface area contributed by atoms with Gasteiger partial charge in [-0.05, 0) is 225 Å². The number of halogens is 2. The highest BCUT2D eigenvalue weighted by molar-refractivity contribution is 5.93. The van der Waals surface area contributed by atoms with Gasteiger partial charge in [-0.2, -0.15) is 0 Å². The summed E-state index contributed by atoms with van der Waals surface area (Å²) < 4.78 is 34.8. The molecule has 6 heterocycles. The van der Waals surface area contributed by atoms with Gasteiger partial charge in [-0.15, -0.1) is 24.8 Å². The summed E-state index contributed by atoms with van der Waals surface area (Å²) in [5.41, 5.74) is 25.4. The van der Waals surface area contributed by atoms with Gasteiger partial charge in [0.05, 0.1) is 39.6 Å². The molecule has 0 bridgehead atoms. The second-order valence-electron chi connectivity index (χ2n) is 26.7. The summed E-state index contributed by atoms with van der Waals surface area (Å²) in [6.07, 6.45) is 23.8. The van der Waals surface area contributed by atoms with Gasteiger partial charge in [-0.25, -0.2) is 0 Å². The van der Waals surface area contributed by atoms with Gasteiger partial charge in [0.1, 0.15) is 34.5 Å². The summed E-state index contributed by atoms with van der Waals surface area (Å²) in [6.45, 7) is 24.9. The molecule has 12 N–H and O–H groups in total. The van der Waals surface area contributed by atoms with Crippen LogP contribution in [0.25, 0.3) is 65.4 Å². The Balaban J connectivity index is 0.000000232. The number of carbonyl (C=O) groups excluding carboxylic acids is 2. The van der Waals surface area contributed by atoms with Crippen LogP contribution in [0.4, 0.5) is 0 Å². The van der Waals surface area contributed by atoms with Crippen molar-refractivity contribution in [2.24, 2.45) is 11.5 Å². The Kier molecular flexibility index (Phi) is 40.5. The molecule has 0 unspecified atom stereocenters. The maximum Gasteiger partial charge on any atom is 0.216 e. The third-order valence-electron chi connectivity index (χ3n) is 17.3. The van der Waals surface area contributed by atoms with E-state index < -0.39 is 0 Å². The van der Waals surface area contributed by atoms with E-state index in [1.165, 1.54) is 68.8 Å². The van der Waals surface area contributed by atoms with Crippen LogP contribution in [0.3, 0.4) is 0 Å². The summed E-state index contributed by atoms with van der Waals surface area (Å²) in [6, 6.07) is 36.6. The van der Waals surface area contributed by atoms with Crippen molar-refractivity contribution in [1.82, 2.24) is 50.3 Å². The molecule has 108 heavy (non-hydrogen) atoms. The van der Waals surface area contributed by atoms with Crippen molar-refractivity contribution in [3.05, 3.63) is 180 Å². The average Bonchev–Trinajstić information content (AvgIpc) is 1.69. The monoisotopic (exact) mass is 1520 g/mol. The Morgan fingerprint density at radius 1 is 0.324 bits per heavy atom. The number of likely N-dealkylation sites (N-methyl/N-ethyl adjacent to an activating group) is 2. The molecule has 12 rings (SSSR count). The molecule has 0 fully saturated rings. The first kappa shape index (κ1) is 89.3. The lowest BCUT2D eigenvalue weighted by molar-refractivity contribution is -0.119. The zero-order valence-corrected chi connectivity index (χ0v) is 67.6. The number of nitrogens with zero attached hydrogens (tertiary/aromatic N) is 2. The molecule has 6 aromatic carbocycles. The van der Waals surface area contributed by atoms with E-state index in [0.717, 1.165) is 208 Å². The van der Waals surface area contributed by atoms with Crippen molar-refractivity contribution in [2.45, 2.75) is 132 Å². The van der Waals surface area contributed by atoms with Gasteiger partial charge >= 0.3 is 0 Å². The first-order chi connectivity index (χ1) is 51.6. The van der Waals surface area contributed by atoms with Gasteiger partial charge in [0, 0.05) is 143 Å². The number of rotatable bonds is 34. The molecule has 0 saturated heterocycles. The highest BCUT2D eigenvalue weighted by Gasteiger charge is 2.16. The van der Waals surface area contributed by atoms with E-state index in [4.69, 9.17) is 39.9 Å². The van der Waals surface area contributed by atoms with Crippen LogP contribution in [0.5, 0.6) is 34.5 Å². The number of aromatic amines is 6. The molecule has 0 saturated carbocycles. The molecule has 0 aliphatic rings. The highest BCUT2D eigenvalue weighted by atomic mass is 35.5. The third kappa shape index (κ3) is 27.1. The first-order valence-corrected chi connectivity index (χ1v) is 38.1. The molecular formula is C86H122Cl2N12O8. The Morgan fingerprint density at radius 3 is 0.694 bits per heavy atom. The standard InChI is InChI=1S/2C15H20N2O2.2C15H22N2O.2C13H18N2O.2ClH/c2*1-3-9-19-14-6-4-5-13-15(14)12(10-17-13)7-8-16-11(2)18;2*1-4-10-18-14-7-5-6-13-15(14)12(11-16-13)8-9-17(2)3;2*1-2-8-16-12-5-3-4-11-13(12)10(6-7-14)9-15-11;;/h2*4-6,10,17H,3,7-9H2,1-2H3,(H,16,18);2*5-7,11,16H,4,8-10H2,1-3H3;2*3-5,9,15H,2,6-8,14H2,1H3;2*1H. The zero-order valence-electron chi connectivity index (χ0n) is 66.0. The van der Waals surface area contributed by atoms with E-state index in [1.807, 2.05) is 97.6 Å². The van der Waals surface area contributed by atoms with Crippen LogP contribution in [0.15, 0.2) is 146 Å². The second kappa shape index (κ2) is 48.9. The maximum atomic E-state index is 10.9. The van der Waals surface area contributed by atoms with E-state index in [1.54, 1.807) is 0 Å². The third-order valence-corrected chi connectivity index (χ3v) is 17.3. The minimum Gasteiger partial charge on any atom is -0.493 e. The number of carbonyl (C=O) groups is 2. The van der Waals surface area contributed by atoms with Crippen molar-refractivity contribution in [3.8, 4) is 34.5 Å². The van der Waals surface area contributed by atoms with E-state index in [9.17, 15) is 9.59 Å². The normalized spacial score (nSPS) is 10.7. The number of benzene rings is 6. The van der Waals surface area contributed by atoms with E-state index in [0.29, 0.717) is 26.2 Å². The first-order valence-electron chi connectivity index (χ1n) is 38.1. The molecule has 0 aliphatic carbocycles. The van der Waals surface area contributed by atoms with Crippen molar-refractivity contribution in [3.63, 3.8) is 0 Å². The second-order valence-corrected chi connectivity index (χ2v) is 26.7. The van der Waals surface area contributed by atoms with Crippen LogP contribution in [0, 0.1) is 0 Å². The molecule has 2 amide bonds. The molecule has 0 atom stereocenters. The summed E-state index contributed by atoms with van der Waals surface area (Å²) in [5.74, 6) is 5.77. The Hall–Kier alpha value is -9.28. The summed E-state index contributed by atoms with van der Waals surface area (Å²) in [4.78, 5) is 45.9. The zero-order chi connectivity index (χ0) is 76.0. The number of aromatic nitrogens is 6. The van der Waals surface area contributed by atoms with Gasteiger partial charge in [0.15, 0.2) is 0 Å². The largest absolute Gasteiger partial charge is 0.493 e. The summed E-state index contributed by atoms with van der Waals surface area (Å²) in [5, 5.41) is 12.7. The molecule has 20 nitrogen and oxygen atoms in total. The topological polar surface area (TPSA) is 267 Å². The van der Waals surface area contributed by atoms with Gasteiger partial charge in [-0.1, -0.05) is 77.9 Å². The van der Waals surface area contributed by atoms with Crippen LogP contribution in [-0.2, 0) is 48.1 Å². The SMILES string of the molecule is CCCOc1cccc2[nH]cc(CCN(C)C)c12.CCCOc1cccc2[nH]cc(CCN(C)C)c12.CCCOc1cccc2[nH]cc(CCN)c12.CCCOc1cccc2[nH]cc(CCN)c12.CCCOc1cccc2[nH]cc(CCNC(C)=O)c12.CCCOc1cccc2[nH]cc(CCNC(C)=O)c12.Cl.Cl. The van der Waals surface area contributed by atoms with Crippen LogP contribution < -0.4 is 50.5 Å². The molecule has 0 aliphatic heterocycles. The number of amides is 2. The lowest BCUT2D eigenvalue weighted by Gasteiger charge is -2.10. The average molecular weight is 1520 g/mol. The molecule has 12 aromatic rings. The highest BCUT2D eigenvalue weighted by Crippen LogP contribution is 2.35. The summed E-state index contributed by atoms with van der Waals surface area (Å²) >= 11 is 0. The van der Waals surface area contributed by atoms with E-state index >= 15 is 0 Å². The summed E-state index contributed by atoms with van der Waals surface area (Å²) in [7, 11) is 8.40. The van der Waals surface area contributed by atoms with Crippen molar-refractivity contribution in [1.29, 1.82) is 0 Å².